The van der Waals surface area contributed by atoms with Gasteiger partial charge in [-0.1, -0.05) is 30.7 Å². The molecule has 0 bridgehead atoms. The van der Waals surface area contributed by atoms with Gasteiger partial charge >= 0.3 is 0 Å². The zero-order chi connectivity index (χ0) is 26.1. The van der Waals surface area contributed by atoms with E-state index in [1.54, 1.807) is 7.11 Å². The molecule has 4 rings (SSSR count). The molecule has 1 aliphatic heterocycles. The number of aromatic nitrogens is 2. The Morgan fingerprint density at radius 1 is 0.973 bits per heavy atom. The van der Waals surface area contributed by atoms with Gasteiger partial charge in [0.05, 0.1) is 13.7 Å². The number of ether oxygens (including phenoxy) is 4. The van der Waals surface area contributed by atoms with Crippen molar-refractivity contribution in [1.82, 2.24) is 14.5 Å². The molecule has 1 fully saturated rings. The van der Waals surface area contributed by atoms with Gasteiger partial charge in [-0.15, -0.1) is 0 Å². The molecule has 0 unspecified atom stereocenters. The summed E-state index contributed by atoms with van der Waals surface area (Å²) < 4.78 is 26.1. The van der Waals surface area contributed by atoms with Crippen molar-refractivity contribution in [3.8, 4) is 17.2 Å². The number of imidazole rings is 1. The monoisotopic (exact) mass is 507 g/mol. The second-order valence-electron chi connectivity index (χ2n) is 9.84. The zero-order valence-electron chi connectivity index (χ0n) is 22.7. The molecule has 1 aromatic heterocycles. The molecule has 0 spiro atoms. The van der Waals surface area contributed by atoms with E-state index < -0.39 is 0 Å². The molecule has 2 heterocycles. The van der Waals surface area contributed by atoms with Gasteiger partial charge < -0.3 is 23.5 Å². The molecule has 200 valence electrons. The van der Waals surface area contributed by atoms with Crippen LogP contribution in [-0.4, -0.2) is 60.6 Å². The summed E-state index contributed by atoms with van der Waals surface area (Å²) in [6.07, 6.45) is 7.73. The summed E-state index contributed by atoms with van der Waals surface area (Å²) in [5, 5.41) is 0. The Hall–Kier alpha value is -3.03. The first-order valence-corrected chi connectivity index (χ1v) is 13.3. The Balaban J connectivity index is 1.33. The van der Waals surface area contributed by atoms with Crippen LogP contribution in [-0.2, 0) is 24.2 Å². The third-order valence-corrected chi connectivity index (χ3v) is 7.29. The van der Waals surface area contributed by atoms with Crippen LogP contribution in [0.3, 0.4) is 0 Å². The van der Waals surface area contributed by atoms with E-state index in [1.165, 1.54) is 11.1 Å². The molecule has 0 radical (unpaired) electrons. The second kappa shape index (κ2) is 13.0. The molecular weight excluding hydrogens is 466 g/mol. The lowest BCUT2D eigenvalue weighted by atomic mass is 9.95. The van der Waals surface area contributed by atoms with E-state index in [0.29, 0.717) is 13.2 Å². The van der Waals surface area contributed by atoms with Crippen molar-refractivity contribution in [3.63, 3.8) is 0 Å². The van der Waals surface area contributed by atoms with Gasteiger partial charge in [0, 0.05) is 39.0 Å². The highest BCUT2D eigenvalue weighted by Crippen LogP contribution is 2.31. The van der Waals surface area contributed by atoms with E-state index in [4.69, 9.17) is 18.9 Å². The molecule has 37 heavy (non-hydrogen) atoms. The van der Waals surface area contributed by atoms with Crippen LogP contribution in [0.4, 0.5) is 0 Å². The number of hydrogen-bond donors (Lipinski definition) is 0. The van der Waals surface area contributed by atoms with Crippen molar-refractivity contribution in [1.29, 1.82) is 0 Å². The summed E-state index contributed by atoms with van der Waals surface area (Å²) in [4.78, 5) is 6.88. The highest BCUT2D eigenvalue weighted by molar-refractivity contribution is 5.43. The van der Waals surface area contributed by atoms with Crippen LogP contribution < -0.4 is 14.2 Å². The third kappa shape index (κ3) is 7.27. The minimum absolute atomic E-state index is 0.265. The summed E-state index contributed by atoms with van der Waals surface area (Å²) in [5.41, 5.74) is 2.18. The molecule has 2 aromatic carbocycles. The maximum atomic E-state index is 6.16. The van der Waals surface area contributed by atoms with Crippen LogP contribution in [0.25, 0.3) is 0 Å². The van der Waals surface area contributed by atoms with Gasteiger partial charge in [0.1, 0.15) is 30.4 Å². The van der Waals surface area contributed by atoms with E-state index >= 15 is 0 Å². The van der Waals surface area contributed by atoms with Gasteiger partial charge in [-0.2, -0.15) is 0 Å². The van der Waals surface area contributed by atoms with Gasteiger partial charge in [-0.25, -0.2) is 4.98 Å². The molecule has 7 heteroatoms. The maximum Gasteiger partial charge on any atom is 0.161 e. The summed E-state index contributed by atoms with van der Waals surface area (Å²) in [6.45, 7) is 8.92. The minimum Gasteiger partial charge on any atom is -0.493 e. The topological polar surface area (TPSA) is 58.0 Å². The molecule has 1 atom stereocenters. The zero-order valence-corrected chi connectivity index (χ0v) is 22.7. The fourth-order valence-electron chi connectivity index (χ4n) is 4.94. The Morgan fingerprint density at radius 3 is 2.57 bits per heavy atom. The van der Waals surface area contributed by atoms with Gasteiger partial charge in [-0.05, 0) is 62.6 Å². The van der Waals surface area contributed by atoms with Crippen LogP contribution >= 0.6 is 0 Å². The normalized spacial score (nSPS) is 18.4. The van der Waals surface area contributed by atoms with Crippen molar-refractivity contribution in [2.24, 2.45) is 0 Å². The quantitative estimate of drug-likeness (QED) is 0.332. The first kappa shape index (κ1) is 27.0. The average molecular weight is 508 g/mol. The number of rotatable bonds is 12. The summed E-state index contributed by atoms with van der Waals surface area (Å²) in [6, 6.07) is 14.5. The maximum absolute atomic E-state index is 6.16. The van der Waals surface area contributed by atoms with E-state index in [9.17, 15) is 0 Å². The largest absolute Gasteiger partial charge is 0.493 e. The average Bonchev–Trinajstić information content (AvgIpc) is 3.28. The SMILES string of the molecule is CCc1nccn1CCOc1cc(CN2CCC[C@](COc3ccc(C)cc3)(OC)CC2)ccc1OC. The lowest BCUT2D eigenvalue weighted by Gasteiger charge is -2.31. The Labute approximate surface area is 221 Å². The number of methoxy groups -OCH3 is 2. The van der Waals surface area contributed by atoms with E-state index in [1.807, 2.05) is 37.7 Å². The lowest BCUT2D eigenvalue weighted by Crippen LogP contribution is -2.39. The molecule has 3 aromatic rings. The molecule has 0 N–H and O–H groups in total. The van der Waals surface area contributed by atoms with E-state index in [0.717, 1.165) is 74.9 Å². The van der Waals surface area contributed by atoms with Crippen LogP contribution in [0.5, 0.6) is 17.2 Å². The summed E-state index contributed by atoms with van der Waals surface area (Å²) in [7, 11) is 3.50. The second-order valence-corrected chi connectivity index (χ2v) is 9.84. The van der Waals surface area contributed by atoms with Crippen molar-refractivity contribution in [2.45, 2.75) is 58.2 Å². The van der Waals surface area contributed by atoms with Crippen molar-refractivity contribution in [3.05, 3.63) is 71.8 Å². The van der Waals surface area contributed by atoms with E-state index in [-0.39, 0.29) is 5.60 Å². The third-order valence-electron chi connectivity index (χ3n) is 7.29. The Kier molecular flexibility index (Phi) is 9.47. The van der Waals surface area contributed by atoms with Crippen LogP contribution in [0.1, 0.15) is 43.1 Å². The lowest BCUT2D eigenvalue weighted by molar-refractivity contribution is -0.0541. The van der Waals surface area contributed by atoms with Gasteiger partial charge in [0.2, 0.25) is 0 Å². The molecule has 1 aliphatic rings. The molecule has 1 saturated heterocycles. The fourth-order valence-corrected chi connectivity index (χ4v) is 4.94. The van der Waals surface area contributed by atoms with Crippen LogP contribution in [0, 0.1) is 6.92 Å². The Bertz CT molecular complexity index is 1110. The summed E-state index contributed by atoms with van der Waals surface area (Å²) in [5.74, 6) is 3.51. The van der Waals surface area contributed by atoms with Crippen molar-refractivity contribution in [2.75, 3.05) is 40.5 Å². The Morgan fingerprint density at radius 2 is 1.81 bits per heavy atom. The molecular formula is C30H41N3O4. The number of likely N-dealkylation sites (tertiary alicyclic amines) is 1. The number of benzene rings is 2. The van der Waals surface area contributed by atoms with Crippen molar-refractivity contribution < 1.29 is 18.9 Å². The molecule has 7 nitrogen and oxygen atoms in total. The predicted octanol–water partition coefficient (Wildman–Crippen LogP) is 5.29. The van der Waals surface area contributed by atoms with Crippen molar-refractivity contribution >= 4 is 0 Å². The van der Waals surface area contributed by atoms with Crippen LogP contribution in [0.2, 0.25) is 0 Å². The van der Waals surface area contributed by atoms with Crippen LogP contribution in [0.15, 0.2) is 54.9 Å². The van der Waals surface area contributed by atoms with E-state index in [2.05, 4.69) is 52.6 Å². The molecule has 0 aliphatic carbocycles. The number of aryl methyl sites for hydroxylation is 2. The van der Waals surface area contributed by atoms with Gasteiger partial charge in [0.15, 0.2) is 11.5 Å². The highest BCUT2D eigenvalue weighted by atomic mass is 16.5. The summed E-state index contributed by atoms with van der Waals surface area (Å²) >= 11 is 0. The highest BCUT2D eigenvalue weighted by Gasteiger charge is 2.33. The molecule has 0 saturated carbocycles. The standard InChI is InChI=1S/C30H41N3O4/c1-5-29-31-15-18-33(29)19-20-36-28-21-25(9-12-27(28)34-3)22-32-16-6-13-30(35-4,14-17-32)23-37-26-10-7-24(2)8-11-26/h7-12,15,18,21H,5-6,13-14,16-17,19-20,22-23H2,1-4H3/t30-/m0/s1. The minimum atomic E-state index is -0.265. The first-order valence-electron chi connectivity index (χ1n) is 13.3. The predicted molar refractivity (Wildman–Crippen MR) is 146 cm³/mol. The molecule has 0 amide bonds. The fraction of sp³-hybridized carbons (Fsp3) is 0.500. The first-order chi connectivity index (χ1) is 18.0. The van der Waals surface area contributed by atoms with Gasteiger partial charge in [0.25, 0.3) is 0 Å². The number of hydrogen-bond acceptors (Lipinski definition) is 6. The van der Waals surface area contributed by atoms with Gasteiger partial charge in [-0.3, -0.25) is 4.90 Å². The smallest absolute Gasteiger partial charge is 0.161 e. The number of nitrogens with zero attached hydrogens (tertiary/aromatic N) is 3.